The molecule has 0 spiro atoms. The number of anilines is 2. The maximum absolute atomic E-state index is 11.9. The molecule has 6 nitrogen and oxygen atoms in total. The highest BCUT2D eigenvalue weighted by Crippen LogP contribution is 2.19. The molecule has 0 aromatic heterocycles. The van der Waals surface area contributed by atoms with Crippen LogP contribution in [0, 0.1) is 0 Å². The molecule has 0 saturated heterocycles. The van der Waals surface area contributed by atoms with Gasteiger partial charge in [-0.2, -0.15) is 0 Å². The summed E-state index contributed by atoms with van der Waals surface area (Å²) in [5.41, 5.74) is 5.27. The second-order valence-corrected chi connectivity index (χ2v) is 4.44. The van der Waals surface area contributed by atoms with E-state index in [1.54, 1.807) is 24.3 Å². The molecule has 0 unspecified atom stereocenters. The van der Waals surface area contributed by atoms with Gasteiger partial charge in [0.15, 0.2) is 0 Å². The van der Waals surface area contributed by atoms with Gasteiger partial charge in [-0.1, -0.05) is 12.1 Å². The van der Waals surface area contributed by atoms with Gasteiger partial charge in [-0.05, 0) is 26.0 Å². The number of nitrogens with zero attached hydrogens (tertiary/aromatic N) is 1. The Morgan fingerprint density at radius 1 is 1.33 bits per heavy atom. The van der Waals surface area contributed by atoms with Crippen LogP contribution in [0.25, 0.3) is 0 Å². The number of para-hydroxylation sites is 2. The number of nitrogen functional groups attached to an aromatic ring is 1. The predicted molar refractivity (Wildman–Crippen MR) is 69.4 cm³/mol. The zero-order chi connectivity index (χ0) is 13.9. The van der Waals surface area contributed by atoms with Crippen molar-refractivity contribution in [1.82, 2.24) is 4.90 Å². The van der Waals surface area contributed by atoms with Crippen molar-refractivity contribution in [3.8, 4) is 0 Å². The molecule has 1 aromatic rings. The standard InChI is InChI=1S/C12H17N3O3/c1-12(2,10(16)17)15(3)11(18)14-9-7-5-4-6-8(9)13/h4-7H,13H2,1-3H3,(H,14,18)(H,16,17). The molecule has 18 heavy (non-hydrogen) atoms. The first kappa shape index (κ1) is 13.8. The highest BCUT2D eigenvalue weighted by Gasteiger charge is 2.35. The smallest absolute Gasteiger partial charge is 0.329 e. The zero-order valence-corrected chi connectivity index (χ0v) is 10.6. The molecule has 4 N–H and O–H groups in total. The molecule has 1 aromatic carbocycles. The van der Waals surface area contributed by atoms with Crippen molar-refractivity contribution in [1.29, 1.82) is 0 Å². The number of carboxylic acid groups (broad SMARTS) is 1. The molecule has 2 amide bonds. The van der Waals surface area contributed by atoms with Crippen molar-refractivity contribution in [2.45, 2.75) is 19.4 Å². The molecule has 0 aliphatic heterocycles. The van der Waals surface area contributed by atoms with Crippen LogP contribution in [0.1, 0.15) is 13.8 Å². The number of carboxylic acids is 1. The summed E-state index contributed by atoms with van der Waals surface area (Å²) in [6, 6.07) is 6.25. The first-order valence-corrected chi connectivity index (χ1v) is 5.39. The minimum Gasteiger partial charge on any atom is -0.480 e. The lowest BCUT2D eigenvalue weighted by molar-refractivity contribution is -0.146. The summed E-state index contributed by atoms with van der Waals surface area (Å²) in [5.74, 6) is -1.08. The summed E-state index contributed by atoms with van der Waals surface area (Å²) < 4.78 is 0. The Morgan fingerprint density at radius 3 is 2.39 bits per heavy atom. The first-order valence-electron chi connectivity index (χ1n) is 5.39. The minimum atomic E-state index is -1.30. The molecule has 0 aliphatic rings. The number of hydrogen-bond donors (Lipinski definition) is 3. The number of rotatable bonds is 3. The van der Waals surface area contributed by atoms with Crippen molar-refractivity contribution in [3.63, 3.8) is 0 Å². The van der Waals surface area contributed by atoms with Crippen molar-refractivity contribution < 1.29 is 14.7 Å². The summed E-state index contributed by atoms with van der Waals surface area (Å²) in [6.07, 6.45) is 0. The van der Waals surface area contributed by atoms with Crippen LogP contribution in [0.4, 0.5) is 16.2 Å². The first-order chi connectivity index (χ1) is 8.26. The van der Waals surface area contributed by atoms with Crippen LogP contribution in [0.5, 0.6) is 0 Å². The molecule has 0 atom stereocenters. The Hall–Kier alpha value is -2.24. The fourth-order valence-corrected chi connectivity index (χ4v) is 1.21. The largest absolute Gasteiger partial charge is 0.480 e. The van der Waals surface area contributed by atoms with Crippen LogP contribution in [0.15, 0.2) is 24.3 Å². The van der Waals surface area contributed by atoms with Gasteiger partial charge in [0, 0.05) is 7.05 Å². The van der Waals surface area contributed by atoms with Crippen LogP contribution in [0.3, 0.4) is 0 Å². The SMILES string of the molecule is CN(C(=O)Nc1ccccc1N)C(C)(C)C(=O)O. The quantitative estimate of drug-likeness (QED) is 0.711. The number of aliphatic carboxylic acids is 1. The molecule has 0 fully saturated rings. The van der Waals surface area contributed by atoms with E-state index in [-0.39, 0.29) is 0 Å². The van der Waals surface area contributed by atoms with Crippen molar-refractivity contribution in [2.24, 2.45) is 0 Å². The van der Waals surface area contributed by atoms with Gasteiger partial charge in [0.1, 0.15) is 5.54 Å². The normalized spacial score (nSPS) is 10.8. The number of benzene rings is 1. The summed E-state index contributed by atoms with van der Waals surface area (Å²) in [5, 5.41) is 11.6. The third-order valence-electron chi connectivity index (χ3n) is 2.87. The Labute approximate surface area is 105 Å². The van der Waals surface area contributed by atoms with E-state index in [0.29, 0.717) is 11.4 Å². The topological polar surface area (TPSA) is 95.7 Å². The van der Waals surface area contributed by atoms with Crippen molar-refractivity contribution in [2.75, 3.05) is 18.1 Å². The van der Waals surface area contributed by atoms with Gasteiger partial charge in [-0.25, -0.2) is 9.59 Å². The number of nitrogens with two attached hydrogens (primary N) is 1. The van der Waals surface area contributed by atoms with Crippen LogP contribution in [-0.4, -0.2) is 34.6 Å². The molecule has 0 bridgehead atoms. The van der Waals surface area contributed by atoms with E-state index in [1.807, 2.05) is 0 Å². The summed E-state index contributed by atoms with van der Waals surface area (Å²) in [4.78, 5) is 24.1. The molecular formula is C12H17N3O3. The summed E-state index contributed by atoms with van der Waals surface area (Å²) in [7, 11) is 1.42. The molecule has 98 valence electrons. The van der Waals surface area contributed by atoms with Crippen LogP contribution in [-0.2, 0) is 4.79 Å². The van der Waals surface area contributed by atoms with E-state index in [9.17, 15) is 9.59 Å². The molecule has 0 heterocycles. The van der Waals surface area contributed by atoms with Gasteiger partial charge < -0.3 is 21.1 Å². The van der Waals surface area contributed by atoms with E-state index < -0.39 is 17.5 Å². The summed E-state index contributed by atoms with van der Waals surface area (Å²) in [6.45, 7) is 2.90. The third-order valence-corrected chi connectivity index (χ3v) is 2.87. The van der Waals surface area contributed by atoms with Gasteiger partial charge in [-0.15, -0.1) is 0 Å². The van der Waals surface area contributed by atoms with E-state index >= 15 is 0 Å². The molecule has 1 rings (SSSR count). The Morgan fingerprint density at radius 2 is 1.89 bits per heavy atom. The lowest BCUT2D eigenvalue weighted by atomic mass is 10.1. The predicted octanol–water partition coefficient (Wildman–Crippen LogP) is 1.60. The van der Waals surface area contributed by atoms with Crippen LogP contribution < -0.4 is 11.1 Å². The van der Waals surface area contributed by atoms with E-state index in [0.717, 1.165) is 4.90 Å². The Kier molecular flexibility index (Phi) is 3.80. The number of carbonyl (C=O) groups excluding carboxylic acids is 1. The minimum absolute atomic E-state index is 0.424. The molecule has 0 aliphatic carbocycles. The average Bonchev–Trinajstić information content (AvgIpc) is 2.30. The number of amides is 2. The number of urea groups is 1. The maximum Gasteiger partial charge on any atom is 0.329 e. The lowest BCUT2D eigenvalue weighted by Gasteiger charge is -2.31. The van der Waals surface area contributed by atoms with Gasteiger partial charge in [0.05, 0.1) is 11.4 Å². The van der Waals surface area contributed by atoms with E-state index in [4.69, 9.17) is 10.8 Å². The van der Waals surface area contributed by atoms with Crippen LogP contribution >= 0.6 is 0 Å². The number of hydrogen-bond acceptors (Lipinski definition) is 3. The fraction of sp³-hybridized carbons (Fsp3) is 0.333. The Balaban J connectivity index is 2.84. The molecule has 6 heteroatoms. The van der Waals surface area contributed by atoms with Crippen molar-refractivity contribution >= 4 is 23.4 Å². The molecular weight excluding hydrogens is 234 g/mol. The van der Waals surface area contributed by atoms with Gasteiger partial charge in [-0.3, -0.25) is 0 Å². The number of carbonyl (C=O) groups is 2. The fourth-order valence-electron chi connectivity index (χ4n) is 1.21. The van der Waals surface area contributed by atoms with E-state index in [2.05, 4.69) is 5.32 Å². The second-order valence-electron chi connectivity index (χ2n) is 4.44. The Bertz CT molecular complexity index is 471. The monoisotopic (exact) mass is 251 g/mol. The average molecular weight is 251 g/mol. The van der Waals surface area contributed by atoms with Gasteiger partial charge >= 0.3 is 12.0 Å². The van der Waals surface area contributed by atoms with E-state index in [1.165, 1.54) is 20.9 Å². The van der Waals surface area contributed by atoms with Crippen LogP contribution in [0.2, 0.25) is 0 Å². The zero-order valence-electron chi connectivity index (χ0n) is 10.6. The highest BCUT2D eigenvalue weighted by molar-refractivity contribution is 5.95. The second kappa shape index (κ2) is 4.95. The van der Waals surface area contributed by atoms with Gasteiger partial charge in [0.2, 0.25) is 0 Å². The molecule has 0 saturated carbocycles. The molecule has 0 radical (unpaired) electrons. The number of nitrogens with one attached hydrogen (secondary N) is 1. The maximum atomic E-state index is 11.9. The van der Waals surface area contributed by atoms with Gasteiger partial charge in [0.25, 0.3) is 0 Å². The highest BCUT2D eigenvalue weighted by atomic mass is 16.4. The summed E-state index contributed by atoms with van der Waals surface area (Å²) >= 11 is 0. The third kappa shape index (κ3) is 2.71. The number of likely N-dealkylation sites (N-methyl/N-ethyl adjacent to an activating group) is 1. The lowest BCUT2D eigenvalue weighted by Crippen LogP contribution is -2.52. The van der Waals surface area contributed by atoms with Crippen molar-refractivity contribution in [3.05, 3.63) is 24.3 Å².